The van der Waals surface area contributed by atoms with Crippen molar-refractivity contribution < 1.29 is 0 Å². The number of nitrogens with zero attached hydrogens (tertiary/aromatic N) is 2. The van der Waals surface area contributed by atoms with E-state index in [4.69, 9.17) is 0 Å². The average molecular weight is 191 g/mol. The van der Waals surface area contributed by atoms with Gasteiger partial charge in [-0.15, -0.1) is 0 Å². The largest absolute Gasteiger partial charge is 0.330 e. The number of aromatic nitrogens is 3. The van der Waals surface area contributed by atoms with Gasteiger partial charge >= 0.3 is 0 Å². The van der Waals surface area contributed by atoms with E-state index < -0.39 is 0 Å². The Kier molecular flexibility index (Phi) is 1.91. The first-order chi connectivity index (χ1) is 6.59. The maximum Gasteiger partial charge on any atom is 0.260 e. The molecule has 0 spiro atoms. The third-order valence-corrected chi connectivity index (χ3v) is 2.26. The van der Waals surface area contributed by atoms with Crippen LogP contribution in [0.1, 0.15) is 25.7 Å². The SMILES string of the molecule is Cc1nc2c(ccn2C(C)C)c(=O)[nH]1. The fraction of sp³-hybridized carbons (Fsp3) is 0.400. The van der Waals surface area contributed by atoms with Crippen molar-refractivity contribution in [3.63, 3.8) is 0 Å². The molecule has 0 aliphatic rings. The van der Waals surface area contributed by atoms with Crippen molar-refractivity contribution in [3.05, 3.63) is 28.4 Å². The molecule has 0 radical (unpaired) electrons. The number of nitrogens with one attached hydrogen (secondary N) is 1. The number of hydrogen-bond donors (Lipinski definition) is 1. The van der Waals surface area contributed by atoms with Gasteiger partial charge in [0.2, 0.25) is 0 Å². The fourth-order valence-electron chi connectivity index (χ4n) is 1.57. The van der Waals surface area contributed by atoms with Gasteiger partial charge in [0.05, 0.1) is 5.39 Å². The lowest BCUT2D eigenvalue weighted by molar-refractivity contribution is 0.617. The van der Waals surface area contributed by atoms with Gasteiger partial charge in [0.1, 0.15) is 11.5 Å². The Bertz CT molecular complexity index is 522. The molecule has 2 aromatic rings. The van der Waals surface area contributed by atoms with Crippen LogP contribution in [-0.2, 0) is 0 Å². The molecule has 74 valence electrons. The van der Waals surface area contributed by atoms with Crippen LogP contribution < -0.4 is 5.56 Å². The molecule has 2 rings (SSSR count). The van der Waals surface area contributed by atoms with Gasteiger partial charge in [0.25, 0.3) is 5.56 Å². The van der Waals surface area contributed by atoms with E-state index in [1.165, 1.54) is 0 Å². The molecule has 0 fully saturated rings. The third-order valence-electron chi connectivity index (χ3n) is 2.26. The summed E-state index contributed by atoms with van der Waals surface area (Å²) in [5.41, 5.74) is 0.702. The lowest BCUT2D eigenvalue weighted by Crippen LogP contribution is -2.10. The van der Waals surface area contributed by atoms with Gasteiger partial charge in [-0.05, 0) is 26.8 Å². The lowest BCUT2D eigenvalue weighted by atomic mass is 10.4. The summed E-state index contributed by atoms with van der Waals surface area (Å²) in [4.78, 5) is 18.5. The molecule has 0 aliphatic heterocycles. The van der Waals surface area contributed by atoms with Crippen molar-refractivity contribution in [1.29, 1.82) is 0 Å². The molecule has 0 saturated heterocycles. The highest BCUT2D eigenvalue weighted by Gasteiger charge is 2.08. The summed E-state index contributed by atoms with van der Waals surface area (Å²) in [7, 11) is 0. The highest BCUT2D eigenvalue weighted by molar-refractivity contribution is 5.75. The van der Waals surface area contributed by atoms with E-state index in [0.717, 1.165) is 5.65 Å². The minimum atomic E-state index is -0.0631. The summed E-state index contributed by atoms with van der Waals surface area (Å²) in [6, 6.07) is 2.13. The van der Waals surface area contributed by atoms with Gasteiger partial charge in [0.15, 0.2) is 0 Å². The molecule has 0 amide bonds. The van der Waals surface area contributed by atoms with Crippen LogP contribution in [0, 0.1) is 6.92 Å². The summed E-state index contributed by atoms with van der Waals surface area (Å²) < 4.78 is 2.00. The molecular formula is C10H13N3O. The summed E-state index contributed by atoms with van der Waals surface area (Å²) in [5, 5.41) is 0.657. The Hall–Kier alpha value is -1.58. The minimum Gasteiger partial charge on any atom is -0.330 e. The first kappa shape index (κ1) is 8.99. The Morgan fingerprint density at radius 1 is 1.50 bits per heavy atom. The topological polar surface area (TPSA) is 50.7 Å². The van der Waals surface area contributed by atoms with Crippen LogP contribution in [0.3, 0.4) is 0 Å². The zero-order chi connectivity index (χ0) is 10.3. The quantitative estimate of drug-likeness (QED) is 0.744. The number of hydrogen-bond acceptors (Lipinski definition) is 2. The maximum absolute atomic E-state index is 11.5. The van der Waals surface area contributed by atoms with Gasteiger partial charge in [-0.2, -0.15) is 0 Å². The van der Waals surface area contributed by atoms with E-state index in [1.54, 1.807) is 13.0 Å². The van der Waals surface area contributed by atoms with Gasteiger partial charge in [-0.3, -0.25) is 4.79 Å². The molecule has 0 saturated carbocycles. The van der Waals surface area contributed by atoms with Crippen molar-refractivity contribution in [1.82, 2.24) is 14.5 Å². The molecule has 4 nitrogen and oxygen atoms in total. The second kappa shape index (κ2) is 2.97. The normalized spacial score (nSPS) is 11.4. The van der Waals surface area contributed by atoms with Crippen molar-refractivity contribution in [3.8, 4) is 0 Å². The Labute approximate surface area is 81.6 Å². The van der Waals surface area contributed by atoms with Crippen molar-refractivity contribution >= 4 is 11.0 Å². The molecule has 2 aromatic heterocycles. The van der Waals surface area contributed by atoms with Crippen molar-refractivity contribution in [2.75, 3.05) is 0 Å². The molecule has 0 unspecified atom stereocenters. The molecular weight excluding hydrogens is 178 g/mol. The van der Waals surface area contributed by atoms with Gasteiger partial charge in [0, 0.05) is 12.2 Å². The van der Waals surface area contributed by atoms with E-state index in [9.17, 15) is 4.79 Å². The van der Waals surface area contributed by atoms with Crippen LogP contribution in [0.4, 0.5) is 0 Å². The van der Waals surface area contributed by atoms with E-state index in [0.29, 0.717) is 17.3 Å². The molecule has 0 bridgehead atoms. The Morgan fingerprint density at radius 3 is 2.86 bits per heavy atom. The number of rotatable bonds is 1. The van der Waals surface area contributed by atoms with Crippen LogP contribution in [0.5, 0.6) is 0 Å². The van der Waals surface area contributed by atoms with Crippen LogP contribution in [0.2, 0.25) is 0 Å². The summed E-state index contributed by atoms with van der Waals surface area (Å²) in [5.74, 6) is 0.656. The van der Waals surface area contributed by atoms with Crippen LogP contribution in [0.25, 0.3) is 11.0 Å². The molecule has 0 aliphatic carbocycles. The molecule has 0 atom stereocenters. The Morgan fingerprint density at radius 2 is 2.21 bits per heavy atom. The van der Waals surface area contributed by atoms with Crippen LogP contribution in [0.15, 0.2) is 17.1 Å². The summed E-state index contributed by atoms with van der Waals surface area (Å²) in [6.07, 6.45) is 1.90. The molecule has 0 aromatic carbocycles. The number of H-pyrrole nitrogens is 1. The molecule has 1 N–H and O–H groups in total. The lowest BCUT2D eigenvalue weighted by Gasteiger charge is -2.07. The van der Waals surface area contributed by atoms with E-state index in [1.807, 2.05) is 10.8 Å². The second-order valence-electron chi connectivity index (χ2n) is 3.71. The van der Waals surface area contributed by atoms with Gasteiger partial charge < -0.3 is 9.55 Å². The fourth-order valence-corrected chi connectivity index (χ4v) is 1.57. The zero-order valence-electron chi connectivity index (χ0n) is 8.53. The zero-order valence-corrected chi connectivity index (χ0v) is 8.53. The molecule has 2 heterocycles. The smallest absolute Gasteiger partial charge is 0.260 e. The van der Waals surface area contributed by atoms with Crippen LogP contribution >= 0.6 is 0 Å². The highest BCUT2D eigenvalue weighted by Crippen LogP contribution is 2.14. The van der Waals surface area contributed by atoms with Crippen molar-refractivity contribution in [2.24, 2.45) is 0 Å². The standard InChI is InChI=1S/C10H13N3O/c1-6(2)13-5-4-8-9(13)11-7(3)12-10(8)14/h4-6H,1-3H3,(H,11,12,14). The molecule has 4 heteroatoms. The number of fused-ring (bicyclic) bond motifs is 1. The number of aromatic amines is 1. The average Bonchev–Trinajstić information content (AvgIpc) is 2.47. The predicted molar refractivity (Wildman–Crippen MR) is 55.5 cm³/mol. The maximum atomic E-state index is 11.5. The minimum absolute atomic E-state index is 0.0631. The van der Waals surface area contributed by atoms with Crippen molar-refractivity contribution in [2.45, 2.75) is 26.8 Å². The third kappa shape index (κ3) is 1.23. The second-order valence-corrected chi connectivity index (χ2v) is 3.71. The first-order valence-electron chi connectivity index (χ1n) is 4.67. The first-order valence-corrected chi connectivity index (χ1v) is 4.67. The number of aryl methyl sites for hydroxylation is 1. The highest BCUT2D eigenvalue weighted by atomic mass is 16.1. The van der Waals surface area contributed by atoms with Gasteiger partial charge in [-0.25, -0.2) is 4.98 Å². The summed E-state index contributed by atoms with van der Waals surface area (Å²) in [6.45, 7) is 5.92. The molecule has 14 heavy (non-hydrogen) atoms. The van der Waals surface area contributed by atoms with Gasteiger partial charge in [-0.1, -0.05) is 0 Å². The van der Waals surface area contributed by atoms with E-state index >= 15 is 0 Å². The van der Waals surface area contributed by atoms with E-state index in [-0.39, 0.29) is 5.56 Å². The monoisotopic (exact) mass is 191 g/mol. The predicted octanol–water partition coefficient (Wildman–Crippen LogP) is 1.61. The van der Waals surface area contributed by atoms with E-state index in [2.05, 4.69) is 23.8 Å². The Balaban J connectivity index is 2.85. The van der Waals surface area contributed by atoms with Crippen LogP contribution in [-0.4, -0.2) is 14.5 Å². The summed E-state index contributed by atoms with van der Waals surface area (Å²) >= 11 is 0.